The van der Waals surface area contributed by atoms with Gasteiger partial charge < -0.3 is 4.79 Å². The van der Waals surface area contributed by atoms with Crippen LogP contribution < -0.4 is 0 Å². The molecule has 0 aromatic heterocycles. The van der Waals surface area contributed by atoms with Crippen molar-refractivity contribution in [3.63, 3.8) is 0 Å². The Morgan fingerprint density at radius 1 is 1.00 bits per heavy atom. The van der Waals surface area contributed by atoms with E-state index in [1.807, 2.05) is 0 Å². The summed E-state index contributed by atoms with van der Waals surface area (Å²) in [5.41, 5.74) is 2.82. The molecule has 0 spiro atoms. The van der Waals surface area contributed by atoms with Gasteiger partial charge in [-0.2, -0.15) is 0 Å². The number of unbranched alkanes of at least 4 members (excludes halogenated alkanes) is 1. The van der Waals surface area contributed by atoms with Crippen molar-refractivity contribution in [2.75, 3.05) is 0 Å². The highest BCUT2D eigenvalue weighted by molar-refractivity contribution is 5.75. The Kier molecular flexibility index (Phi) is 5.84. The SMILES string of the molecule is CCCc1ccc(CCCCC(C)=O)cc1. The molecule has 1 rings (SSSR count). The van der Waals surface area contributed by atoms with Crippen LogP contribution in [-0.2, 0) is 17.6 Å². The molecule has 1 heteroatoms. The minimum atomic E-state index is 0.304. The first-order chi connectivity index (χ1) is 7.72. The van der Waals surface area contributed by atoms with Crippen LogP contribution in [-0.4, -0.2) is 5.78 Å². The van der Waals surface area contributed by atoms with E-state index in [2.05, 4.69) is 31.2 Å². The van der Waals surface area contributed by atoms with Crippen LogP contribution in [0, 0.1) is 0 Å². The maximum Gasteiger partial charge on any atom is 0.129 e. The topological polar surface area (TPSA) is 17.1 Å². The van der Waals surface area contributed by atoms with Gasteiger partial charge in [-0.05, 0) is 43.7 Å². The molecule has 0 N–H and O–H groups in total. The molecule has 1 nitrogen and oxygen atoms in total. The highest BCUT2D eigenvalue weighted by atomic mass is 16.1. The lowest BCUT2D eigenvalue weighted by Gasteiger charge is -2.03. The fourth-order valence-corrected chi connectivity index (χ4v) is 1.86. The lowest BCUT2D eigenvalue weighted by molar-refractivity contribution is -0.117. The molecule has 0 aliphatic rings. The van der Waals surface area contributed by atoms with E-state index >= 15 is 0 Å². The molecule has 0 radical (unpaired) electrons. The number of aryl methyl sites for hydroxylation is 2. The second-order valence-electron chi connectivity index (χ2n) is 4.48. The van der Waals surface area contributed by atoms with Crippen LogP contribution in [0.15, 0.2) is 24.3 Å². The van der Waals surface area contributed by atoms with Crippen molar-refractivity contribution in [2.24, 2.45) is 0 Å². The summed E-state index contributed by atoms with van der Waals surface area (Å²) in [6, 6.07) is 8.89. The van der Waals surface area contributed by atoms with E-state index in [1.54, 1.807) is 6.92 Å². The Morgan fingerprint density at radius 3 is 2.06 bits per heavy atom. The average Bonchev–Trinajstić information content (AvgIpc) is 2.27. The van der Waals surface area contributed by atoms with Crippen LogP contribution >= 0.6 is 0 Å². The molecule has 0 bridgehead atoms. The minimum Gasteiger partial charge on any atom is -0.300 e. The van der Waals surface area contributed by atoms with Crippen LogP contribution in [0.2, 0.25) is 0 Å². The van der Waals surface area contributed by atoms with Crippen LogP contribution in [0.25, 0.3) is 0 Å². The number of rotatable bonds is 7. The van der Waals surface area contributed by atoms with Crippen molar-refractivity contribution in [1.29, 1.82) is 0 Å². The summed E-state index contributed by atoms with van der Waals surface area (Å²) in [6.45, 7) is 3.87. The monoisotopic (exact) mass is 218 g/mol. The number of carbonyl (C=O) groups is 1. The summed E-state index contributed by atoms with van der Waals surface area (Å²) in [5.74, 6) is 0.304. The molecule has 0 unspecified atom stereocenters. The number of hydrogen-bond acceptors (Lipinski definition) is 1. The van der Waals surface area contributed by atoms with Crippen molar-refractivity contribution in [3.05, 3.63) is 35.4 Å². The van der Waals surface area contributed by atoms with E-state index in [9.17, 15) is 4.79 Å². The lowest BCUT2D eigenvalue weighted by Crippen LogP contribution is -1.92. The molecule has 1 aromatic rings. The maximum absolute atomic E-state index is 10.8. The van der Waals surface area contributed by atoms with Gasteiger partial charge in [-0.15, -0.1) is 0 Å². The third kappa shape index (κ3) is 5.11. The first-order valence-electron chi connectivity index (χ1n) is 6.29. The van der Waals surface area contributed by atoms with Gasteiger partial charge in [0.05, 0.1) is 0 Å². The number of Topliss-reactive ketones (excluding diaryl/α,β-unsaturated/α-hetero) is 1. The van der Waals surface area contributed by atoms with Gasteiger partial charge in [0.25, 0.3) is 0 Å². The van der Waals surface area contributed by atoms with E-state index in [4.69, 9.17) is 0 Å². The fraction of sp³-hybridized carbons (Fsp3) is 0.533. The maximum atomic E-state index is 10.8. The smallest absolute Gasteiger partial charge is 0.129 e. The standard InChI is InChI=1S/C15H22O/c1-3-6-14-9-11-15(12-10-14)8-5-4-7-13(2)16/h9-12H,3-8H2,1-2H3. The second-order valence-corrected chi connectivity index (χ2v) is 4.48. The predicted octanol–water partition coefficient (Wildman–Crippen LogP) is 3.94. The molecule has 0 saturated carbocycles. The first kappa shape index (κ1) is 13.0. The van der Waals surface area contributed by atoms with Gasteiger partial charge in [-0.25, -0.2) is 0 Å². The quantitative estimate of drug-likeness (QED) is 0.633. The minimum absolute atomic E-state index is 0.304. The summed E-state index contributed by atoms with van der Waals surface area (Å²) < 4.78 is 0. The molecular formula is C15H22O. The number of ketones is 1. The Hall–Kier alpha value is -1.11. The average molecular weight is 218 g/mol. The summed E-state index contributed by atoms with van der Waals surface area (Å²) >= 11 is 0. The van der Waals surface area contributed by atoms with Gasteiger partial charge in [-0.3, -0.25) is 0 Å². The molecular weight excluding hydrogens is 196 g/mol. The van der Waals surface area contributed by atoms with Crippen LogP contribution in [0.5, 0.6) is 0 Å². The molecule has 0 saturated heterocycles. The molecule has 16 heavy (non-hydrogen) atoms. The molecule has 0 fully saturated rings. The number of carbonyl (C=O) groups excluding carboxylic acids is 1. The van der Waals surface area contributed by atoms with E-state index in [-0.39, 0.29) is 0 Å². The first-order valence-corrected chi connectivity index (χ1v) is 6.29. The lowest BCUT2D eigenvalue weighted by atomic mass is 10.0. The van der Waals surface area contributed by atoms with Gasteiger partial charge >= 0.3 is 0 Å². The van der Waals surface area contributed by atoms with E-state index in [1.165, 1.54) is 24.0 Å². The van der Waals surface area contributed by atoms with Gasteiger partial charge in [0, 0.05) is 6.42 Å². The molecule has 1 aromatic carbocycles. The second kappa shape index (κ2) is 7.21. The molecule has 0 aliphatic carbocycles. The van der Waals surface area contributed by atoms with Crippen molar-refractivity contribution < 1.29 is 4.79 Å². The van der Waals surface area contributed by atoms with Gasteiger partial charge in [0.2, 0.25) is 0 Å². The van der Waals surface area contributed by atoms with Crippen LogP contribution in [0.3, 0.4) is 0 Å². The van der Waals surface area contributed by atoms with E-state index in [0.29, 0.717) is 5.78 Å². The Bertz CT molecular complexity index is 311. The zero-order valence-electron chi connectivity index (χ0n) is 10.5. The van der Waals surface area contributed by atoms with E-state index < -0.39 is 0 Å². The number of hydrogen-bond donors (Lipinski definition) is 0. The van der Waals surface area contributed by atoms with E-state index in [0.717, 1.165) is 25.7 Å². The van der Waals surface area contributed by atoms with Gasteiger partial charge in [-0.1, -0.05) is 37.6 Å². The third-order valence-electron chi connectivity index (χ3n) is 2.81. The Morgan fingerprint density at radius 2 is 1.56 bits per heavy atom. The summed E-state index contributed by atoms with van der Waals surface area (Å²) in [5, 5.41) is 0. The van der Waals surface area contributed by atoms with Crippen LogP contribution in [0.4, 0.5) is 0 Å². The molecule has 0 heterocycles. The molecule has 0 amide bonds. The van der Waals surface area contributed by atoms with Crippen molar-refractivity contribution in [3.8, 4) is 0 Å². The zero-order chi connectivity index (χ0) is 11.8. The highest BCUT2D eigenvalue weighted by Gasteiger charge is 1.97. The molecule has 0 aliphatic heterocycles. The molecule has 88 valence electrons. The van der Waals surface area contributed by atoms with Gasteiger partial charge in [0.1, 0.15) is 5.78 Å². The van der Waals surface area contributed by atoms with Gasteiger partial charge in [0.15, 0.2) is 0 Å². The summed E-state index contributed by atoms with van der Waals surface area (Å²) in [4.78, 5) is 10.8. The fourth-order valence-electron chi connectivity index (χ4n) is 1.86. The normalized spacial score (nSPS) is 10.4. The predicted molar refractivity (Wildman–Crippen MR) is 68.7 cm³/mol. The Balaban J connectivity index is 2.29. The van der Waals surface area contributed by atoms with Crippen molar-refractivity contribution in [2.45, 2.75) is 52.4 Å². The Labute approximate surface area is 98.9 Å². The molecule has 0 atom stereocenters. The third-order valence-corrected chi connectivity index (χ3v) is 2.81. The zero-order valence-corrected chi connectivity index (χ0v) is 10.5. The summed E-state index contributed by atoms with van der Waals surface area (Å²) in [6.07, 6.45) is 6.34. The highest BCUT2D eigenvalue weighted by Crippen LogP contribution is 2.10. The van der Waals surface area contributed by atoms with Crippen LogP contribution in [0.1, 0.15) is 50.7 Å². The summed E-state index contributed by atoms with van der Waals surface area (Å²) in [7, 11) is 0. The largest absolute Gasteiger partial charge is 0.300 e. The number of benzene rings is 1. The van der Waals surface area contributed by atoms with Crippen molar-refractivity contribution in [1.82, 2.24) is 0 Å². The van der Waals surface area contributed by atoms with Crippen molar-refractivity contribution >= 4 is 5.78 Å².